The number of amides is 1. The van der Waals surface area contributed by atoms with Crippen LogP contribution in [0.25, 0.3) is 10.2 Å². The maximum atomic E-state index is 13.7. The third-order valence-electron chi connectivity index (χ3n) is 6.88. The molecule has 8 nitrogen and oxygen atoms in total. The highest BCUT2D eigenvalue weighted by Gasteiger charge is 2.29. The molecule has 5 rings (SSSR count). The average Bonchev–Trinajstić information content (AvgIpc) is 3.46. The number of rotatable bonds is 7. The number of hydrogen-bond donors (Lipinski definition) is 0. The number of carbonyl (C=O) groups is 1. The largest absolute Gasteiger partial charge is 0.282 e. The maximum Gasteiger partial charge on any atom is 0.260 e. The van der Waals surface area contributed by atoms with E-state index in [0.717, 1.165) is 34.4 Å². The van der Waals surface area contributed by atoms with Gasteiger partial charge in [-0.3, -0.25) is 14.4 Å². The summed E-state index contributed by atoms with van der Waals surface area (Å²) in [5, 5.41) is 5.13. The van der Waals surface area contributed by atoms with Crippen LogP contribution in [0.1, 0.15) is 41.5 Å². The molecule has 0 aliphatic carbocycles. The van der Waals surface area contributed by atoms with Crippen LogP contribution in [0, 0.1) is 19.8 Å². The number of aromatic nitrogens is 3. The number of anilines is 1. The second kappa shape index (κ2) is 10.4. The van der Waals surface area contributed by atoms with Gasteiger partial charge in [-0.2, -0.15) is 9.40 Å². The van der Waals surface area contributed by atoms with Crippen LogP contribution in [0.5, 0.6) is 0 Å². The number of nitrogens with zero attached hydrogens (tertiary/aromatic N) is 5. The Labute approximate surface area is 221 Å². The molecule has 1 amide bonds. The summed E-state index contributed by atoms with van der Waals surface area (Å²) in [5.41, 5.74) is 3.20. The highest BCUT2D eigenvalue weighted by molar-refractivity contribution is 7.89. The number of piperidine rings is 1. The van der Waals surface area contributed by atoms with Gasteiger partial charge in [0.1, 0.15) is 0 Å². The van der Waals surface area contributed by atoms with Crippen LogP contribution in [0.4, 0.5) is 5.13 Å². The van der Waals surface area contributed by atoms with Crippen LogP contribution in [-0.2, 0) is 16.6 Å². The highest BCUT2D eigenvalue weighted by Crippen LogP contribution is 2.30. The van der Waals surface area contributed by atoms with Gasteiger partial charge in [-0.25, -0.2) is 13.4 Å². The van der Waals surface area contributed by atoms with Crippen molar-refractivity contribution in [1.29, 1.82) is 0 Å². The summed E-state index contributed by atoms with van der Waals surface area (Å²) in [6, 6.07) is 16.1. The smallest absolute Gasteiger partial charge is 0.260 e. The molecule has 10 heteroatoms. The molecule has 0 unspecified atom stereocenters. The fraction of sp³-hybridized carbons (Fsp3) is 0.370. The molecule has 1 fully saturated rings. The molecule has 0 N–H and O–H groups in total. The normalized spacial score (nSPS) is 15.3. The average molecular weight is 538 g/mol. The number of hydrogen-bond acceptors (Lipinski definition) is 6. The van der Waals surface area contributed by atoms with E-state index in [0.29, 0.717) is 42.8 Å². The van der Waals surface area contributed by atoms with Crippen molar-refractivity contribution in [1.82, 2.24) is 19.1 Å². The zero-order chi connectivity index (χ0) is 26.2. The third-order valence-corrected chi connectivity index (χ3v) is 9.85. The van der Waals surface area contributed by atoms with E-state index >= 15 is 0 Å². The molecular formula is C27H31N5O3S2. The molecule has 1 aliphatic heterocycles. The van der Waals surface area contributed by atoms with Gasteiger partial charge in [0.25, 0.3) is 5.91 Å². The van der Waals surface area contributed by atoms with Crippen LogP contribution in [0.15, 0.2) is 59.5 Å². The van der Waals surface area contributed by atoms with E-state index in [2.05, 4.69) is 12.0 Å². The minimum absolute atomic E-state index is 0.216. The highest BCUT2D eigenvalue weighted by atomic mass is 32.2. The molecule has 3 heterocycles. The topological polar surface area (TPSA) is 88.4 Å². The lowest BCUT2D eigenvalue weighted by atomic mass is 10.0. The van der Waals surface area contributed by atoms with Gasteiger partial charge in [0, 0.05) is 30.9 Å². The lowest BCUT2D eigenvalue weighted by Crippen LogP contribution is -2.38. The van der Waals surface area contributed by atoms with E-state index in [1.165, 1.54) is 23.5 Å². The molecule has 2 aromatic carbocycles. The number of sulfonamides is 1. The van der Waals surface area contributed by atoms with Crippen LogP contribution in [-0.4, -0.2) is 53.0 Å². The SMILES string of the molecule is Cc1cc(C)n(CCN(C(=O)c2ccc(S(=O)(=O)N3CCC(C)CC3)cc2)c2nc3ccccc3s2)n1. The van der Waals surface area contributed by atoms with Gasteiger partial charge in [0.05, 0.1) is 27.4 Å². The molecule has 1 saturated heterocycles. The molecule has 194 valence electrons. The maximum absolute atomic E-state index is 13.7. The van der Waals surface area contributed by atoms with Crippen molar-refractivity contribution < 1.29 is 13.2 Å². The second-order valence-corrected chi connectivity index (χ2v) is 12.6. The fourth-order valence-corrected chi connectivity index (χ4v) is 7.11. The molecule has 0 atom stereocenters. The Hall–Kier alpha value is -3.08. The van der Waals surface area contributed by atoms with E-state index in [1.807, 2.05) is 48.9 Å². The molecular weight excluding hydrogens is 506 g/mol. The van der Waals surface area contributed by atoms with Crippen molar-refractivity contribution >= 4 is 42.6 Å². The van der Waals surface area contributed by atoms with Crippen LogP contribution in [0.2, 0.25) is 0 Å². The Bertz CT molecular complexity index is 1480. The summed E-state index contributed by atoms with van der Waals surface area (Å²) < 4.78 is 30.7. The fourth-order valence-electron chi connectivity index (χ4n) is 4.66. The molecule has 0 bridgehead atoms. The Morgan fingerprint density at radius 1 is 1.08 bits per heavy atom. The van der Waals surface area contributed by atoms with Crippen molar-refractivity contribution in [3.63, 3.8) is 0 Å². The van der Waals surface area contributed by atoms with Gasteiger partial charge < -0.3 is 0 Å². The zero-order valence-corrected chi connectivity index (χ0v) is 22.9. The predicted molar refractivity (Wildman–Crippen MR) is 147 cm³/mol. The van der Waals surface area contributed by atoms with Crippen LogP contribution < -0.4 is 4.90 Å². The first-order chi connectivity index (χ1) is 17.7. The lowest BCUT2D eigenvalue weighted by Gasteiger charge is -2.29. The second-order valence-electron chi connectivity index (χ2n) is 9.68. The van der Waals surface area contributed by atoms with Gasteiger partial charge in [-0.15, -0.1) is 0 Å². The van der Waals surface area contributed by atoms with Gasteiger partial charge in [0.2, 0.25) is 10.0 Å². The van der Waals surface area contributed by atoms with Crippen LogP contribution >= 0.6 is 11.3 Å². The molecule has 0 spiro atoms. The lowest BCUT2D eigenvalue weighted by molar-refractivity contribution is 0.0985. The number of benzene rings is 2. The number of para-hydroxylation sites is 1. The Balaban J connectivity index is 1.41. The Morgan fingerprint density at radius 3 is 2.43 bits per heavy atom. The molecule has 0 radical (unpaired) electrons. The monoisotopic (exact) mass is 537 g/mol. The number of fused-ring (bicyclic) bond motifs is 1. The summed E-state index contributed by atoms with van der Waals surface area (Å²) in [7, 11) is -3.58. The first-order valence-corrected chi connectivity index (χ1v) is 14.8. The van der Waals surface area contributed by atoms with Gasteiger partial charge in [-0.1, -0.05) is 30.4 Å². The Morgan fingerprint density at radius 2 is 1.78 bits per heavy atom. The third kappa shape index (κ3) is 5.32. The first-order valence-electron chi connectivity index (χ1n) is 12.5. The molecule has 2 aromatic heterocycles. The summed E-state index contributed by atoms with van der Waals surface area (Å²) in [4.78, 5) is 20.3. The van der Waals surface area contributed by atoms with Crippen molar-refractivity contribution in [3.05, 3.63) is 71.5 Å². The summed E-state index contributed by atoms with van der Waals surface area (Å²) in [5.74, 6) is 0.311. The number of aryl methyl sites for hydroxylation is 2. The molecule has 1 aliphatic rings. The van der Waals surface area contributed by atoms with Gasteiger partial charge in [-0.05, 0) is 75.1 Å². The minimum Gasteiger partial charge on any atom is -0.282 e. The zero-order valence-electron chi connectivity index (χ0n) is 21.3. The first kappa shape index (κ1) is 25.6. The van der Waals surface area contributed by atoms with Gasteiger partial charge in [0.15, 0.2) is 5.13 Å². The van der Waals surface area contributed by atoms with E-state index < -0.39 is 10.0 Å². The number of thiazole rings is 1. The van der Waals surface area contributed by atoms with E-state index in [1.54, 1.807) is 21.3 Å². The summed E-state index contributed by atoms with van der Waals surface area (Å²) in [6.45, 7) is 8.04. The van der Waals surface area contributed by atoms with Crippen LogP contribution in [0.3, 0.4) is 0 Å². The van der Waals surface area contributed by atoms with E-state index in [9.17, 15) is 13.2 Å². The quantitative estimate of drug-likeness (QED) is 0.335. The Kier molecular flexibility index (Phi) is 7.15. The van der Waals surface area contributed by atoms with Crippen molar-refractivity contribution in [2.24, 2.45) is 5.92 Å². The summed E-state index contributed by atoms with van der Waals surface area (Å²) in [6.07, 6.45) is 1.73. The molecule has 4 aromatic rings. The van der Waals surface area contributed by atoms with E-state index in [-0.39, 0.29) is 10.8 Å². The van der Waals surface area contributed by atoms with Gasteiger partial charge >= 0.3 is 0 Å². The summed E-state index contributed by atoms with van der Waals surface area (Å²) >= 11 is 1.46. The number of carbonyl (C=O) groups excluding carboxylic acids is 1. The van der Waals surface area contributed by atoms with Crippen molar-refractivity contribution in [3.8, 4) is 0 Å². The van der Waals surface area contributed by atoms with Crippen molar-refractivity contribution in [2.75, 3.05) is 24.5 Å². The minimum atomic E-state index is -3.58. The molecule has 37 heavy (non-hydrogen) atoms. The predicted octanol–water partition coefficient (Wildman–Crippen LogP) is 4.88. The molecule has 0 saturated carbocycles. The van der Waals surface area contributed by atoms with E-state index in [4.69, 9.17) is 4.98 Å². The standard InChI is InChI=1S/C27H31N5O3S2/c1-19-12-14-30(15-13-19)37(34,35)23-10-8-22(9-11-23)26(33)31(16-17-32-21(3)18-20(2)29-32)27-28-24-6-4-5-7-25(24)36-27/h4-11,18-19H,12-17H2,1-3H3. The van der Waals surface area contributed by atoms with Crippen molar-refractivity contribution in [2.45, 2.75) is 45.1 Å².